The summed E-state index contributed by atoms with van der Waals surface area (Å²) in [6.45, 7) is 6.68. The maximum absolute atomic E-state index is 13.2. The fraction of sp³-hybridized carbons (Fsp3) is 0.632. The van der Waals surface area contributed by atoms with Crippen LogP contribution in [0.4, 0.5) is 5.69 Å². The van der Waals surface area contributed by atoms with Gasteiger partial charge < -0.3 is 9.64 Å². The van der Waals surface area contributed by atoms with E-state index in [-0.39, 0.29) is 16.8 Å². The lowest BCUT2D eigenvalue weighted by atomic mass is 9.78. The van der Waals surface area contributed by atoms with Crippen LogP contribution in [0, 0.1) is 11.8 Å². The Morgan fingerprint density at radius 2 is 2.00 bits per heavy atom. The molecule has 1 aliphatic heterocycles. The van der Waals surface area contributed by atoms with E-state index in [1.54, 1.807) is 30.1 Å². The number of hydrogen-bond donors (Lipinski definition) is 0. The molecule has 0 saturated heterocycles. The third kappa shape index (κ3) is 3.34. The fourth-order valence-corrected chi connectivity index (χ4v) is 5.58. The number of fused-ring (bicyclic) bond motifs is 1. The topological polar surface area (TPSA) is 66.9 Å². The van der Waals surface area contributed by atoms with Gasteiger partial charge in [-0.3, -0.25) is 4.79 Å². The van der Waals surface area contributed by atoms with Gasteiger partial charge in [0.1, 0.15) is 12.4 Å². The number of carbonyl (C=O) groups excluding carboxylic acids is 1. The van der Waals surface area contributed by atoms with E-state index in [0.29, 0.717) is 36.4 Å². The summed E-state index contributed by atoms with van der Waals surface area (Å²) >= 11 is 0. The smallest absolute Gasteiger partial charge is 0.243 e. The summed E-state index contributed by atoms with van der Waals surface area (Å²) in [7, 11) is -1.94. The van der Waals surface area contributed by atoms with Crippen molar-refractivity contribution < 1.29 is 17.9 Å². The molecule has 1 heterocycles. The van der Waals surface area contributed by atoms with Crippen LogP contribution in [0.25, 0.3) is 0 Å². The predicted octanol–water partition coefficient (Wildman–Crippen LogP) is 2.88. The molecule has 0 aromatic heterocycles. The molecule has 1 aromatic carbocycles. The van der Waals surface area contributed by atoms with E-state index in [1.807, 2.05) is 0 Å². The highest BCUT2D eigenvalue weighted by atomic mass is 32.2. The first-order chi connectivity index (χ1) is 12.2. The molecule has 2 aliphatic rings. The van der Waals surface area contributed by atoms with Gasteiger partial charge in [0.2, 0.25) is 15.9 Å². The largest absolute Gasteiger partial charge is 0.489 e. The SMILES string of the molecule is CC(=O)N1CCOc2cc(S(=O)(=O)N(C)C3CCCC(C)C3C)ccc21. The summed E-state index contributed by atoms with van der Waals surface area (Å²) in [5.74, 6) is 1.21. The molecule has 0 spiro atoms. The second-order valence-electron chi connectivity index (χ2n) is 7.50. The maximum Gasteiger partial charge on any atom is 0.243 e. The Balaban J connectivity index is 1.91. The second kappa shape index (κ2) is 7.19. The number of nitrogens with zero attached hydrogens (tertiary/aromatic N) is 2. The molecule has 144 valence electrons. The van der Waals surface area contributed by atoms with Gasteiger partial charge in [-0.05, 0) is 30.4 Å². The van der Waals surface area contributed by atoms with Crippen LogP contribution in [-0.2, 0) is 14.8 Å². The van der Waals surface area contributed by atoms with Gasteiger partial charge in [-0.15, -0.1) is 0 Å². The van der Waals surface area contributed by atoms with E-state index in [2.05, 4.69) is 13.8 Å². The van der Waals surface area contributed by atoms with Gasteiger partial charge in [0.05, 0.1) is 17.1 Å². The van der Waals surface area contributed by atoms with Crippen LogP contribution in [-0.4, -0.2) is 44.9 Å². The molecule has 0 radical (unpaired) electrons. The molecule has 7 heteroatoms. The van der Waals surface area contributed by atoms with Crippen molar-refractivity contribution in [3.63, 3.8) is 0 Å². The number of amides is 1. The average Bonchev–Trinajstić information content (AvgIpc) is 2.62. The molecule has 26 heavy (non-hydrogen) atoms. The Kier molecular flexibility index (Phi) is 5.30. The van der Waals surface area contributed by atoms with E-state index in [0.717, 1.165) is 19.3 Å². The van der Waals surface area contributed by atoms with Crippen LogP contribution in [0.5, 0.6) is 5.75 Å². The van der Waals surface area contributed by atoms with Gasteiger partial charge in [0.25, 0.3) is 0 Å². The Hall–Kier alpha value is -1.60. The first-order valence-electron chi connectivity index (χ1n) is 9.26. The van der Waals surface area contributed by atoms with Crippen molar-refractivity contribution in [3.8, 4) is 5.75 Å². The van der Waals surface area contributed by atoms with Gasteiger partial charge in [0, 0.05) is 26.1 Å². The first-order valence-corrected chi connectivity index (χ1v) is 10.7. The van der Waals surface area contributed by atoms with Gasteiger partial charge >= 0.3 is 0 Å². The molecular formula is C19H28N2O4S. The van der Waals surface area contributed by atoms with Crippen molar-refractivity contribution in [2.75, 3.05) is 25.1 Å². The lowest BCUT2D eigenvalue weighted by Crippen LogP contribution is -2.45. The molecule has 0 bridgehead atoms. The number of carbonyl (C=O) groups is 1. The molecule has 1 fully saturated rings. The van der Waals surface area contributed by atoms with Crippen molar-refractivity contribution in [2.24, 2.45) is 11.8 Å². The summed E-state index contributed by atoms with van der Waals surface area (Å²) in [6.07, 6.45) is 3.09. The Bertz CT molecular complexity index is 793. The summed E-state index contributed by atoms with van der Waals surface area (Å²) in [5.41, 5.74) is 0.630. The predicted molar refractivity (Wildman–Crippen MR) is 101 cm³/mol. The van der Waals surface area contributed by atoms with Crippen LogP contribution in [0.15, 0.2) is 23.1 Å². The van der Waals surface area contributed by atoms with Crippen molar-refractivity contribution in [1.82, 2.24) is 4.31 Å². The molecule has 0 N–H and O–H groups in total. The standard InChI is InChI=1S/C19H28N2O4S/c1-13-6-5-7-17(14(13)2)20(4)26(23,24)16-8-9-18-19(12-16)25-11-10-21(18)15(3)22/h8-9,12-14,17H,5-7,10-11H2,1-4H3. The molecule has 6 nitrogen and oxygen atoms in total. The van der Waals surface area contributed by atoms with Crippen LogP contribution in [0.3, 0.4) is 0 Å². The van der Waals surface area contributed by atoms with E-state index in [9.17, 15) is 13.2 Å². The van der Waals surface area contributed by atoms with Crippen LogP contribution in [0.2, 0.25) is 0 Å². The highest BCUT2D eigenvalue weighted by molar-refractivity contribution is 7.89. The number of benzene rings is 1. The van der Waals surface area contributed by atoms with E-state index >= 15 is 0 Å². The van der Waals surface area contributed by atoms with Crippen LogP contribution in [0.1, 0.15) is 40.0 Å². The van der Waals surface area contributed by atoms with Crippen molar-refractivity contribution in [1.29, 1.82) is 0 Å². The Morgan fingerprint density at radius 3 is 2.69 bits per heavy atom. The summed E-state index contributed by atoms with van der Waals surface area (Å²) in [6, 6.07) is 4.80. The molecule has 3 atom stereocenters. The molecule has 1 amide bonds. The first kappa shape index (κ1) is 19.2. The van der Waals surface area contributed by atoms with Crippen molar-refractivity contribution >= 4 is 21.6 Å². The normalized spacial score (nSPS) is 26.3. The van der Waals surface area contributed by atoms with Gasteiger partial charge in [-0.2, -0.15) is 4.31 Å². The van der Waals surface area contributed by atoms with Crippen LogP contribution >= 0.6 is 0 Å². The number of rotatable bonds is 3. The summed E-state index contributed by atoms with van der Waals surface area (Å²) in [4.78, 5) is 13.6. The van der Waals surface area contributed by atoms with Crippen LogP contribution < -0.4 is 9.64 Å². The number of anilines is 1. The van der Waals surface area contributed by atoms with E-state index in [1.165, 1.54) is 11.2 Å². The molecule has 1 aliphatic carbocycles. The second-order valence-corrected chi connectivity index (χ2v) is 9.50. The molecular weight excluding hydrogens is 352 g/mol. The van der Waals surface area contributed by atoms with E-state index < -0.39 is 10.0 Å². The third-order valence-electron chi connectivity index (χ3n) is 5.98. The zero-order valence-corrected chi connectivity index (χ0v) is 16.8. The highest BCUT2D eigenvalue weighted by Crippen LogP contribution is 2.37. The fourth-order valence-electron chi connectivity index (χ4n) is 4.10. The molecule has 1 saturated carbocycles. The minimum atomic E-state index is -3.62. The zero-order valence-electron chi connectivity index (χ0n) is 15.9. The quantitative estimate of drug-likeness (QED) is 0.809. The molecule has 1 aromatic rings. The lowest BCUT2D eigenvalue weighted by Gasteiger charge is -2.39. The monoisotopic (exact) mass is 380 g/mol. The van der Waals surface area contributed by atoms with Gasteiger partial charge in [0.15, 0.2) is 0 Å². The maximum atomic E-state index is 13.2. The van der Waals surface area contributed by atoms with Crippen molar-refractivity contribution in [2.45, 2.75) is 51.0 Å². The van der Waals surface area contributed by atoms with Crippen molar-refractivity contribution in [3.05, 3.63) is 18.2 Å². The zero-order chi connectivity index (χ0) is 19.1. The van der Waals surface area contributed by atoms with Gasteiger partial charge in [-0.25, -0.2) is 8.42 Å². The third-order valence-corrected chi connectivity index (χ3v) is 7.86. The van der Waals surface area contributed by atoms with Gasteiger partial charge in [-0.1, -0.05) is 26.7 Å². The lowest BCUT2D eigenvalue weighted by molar-refractivity contribution is -0.116. The Labute approximate surface area is 156 Å². The summed E-state index contributed by atoms with van der Waals surface area (Å²) in [5, 5.41) is 0. The molecule has 3 rings (SSSR count). The summed E-state index contributed by atoms with van der Waals surface area (Å²) < 4.78 is 33.5. The molecule has 3 unspecified atom stereocenters. The number of hydrogen-bond acceptors (Lipinski definition) is 4. The number of ether oxygens (including phenoxy) is 1. The number of sulfonamides is 1. The average molecular weight is 381 g/mol. The highest BCUT2D eigenvalue weighted by Gasteiger charge is 2.36. The minimum absolute atomic E-state index is 0.00872. The minimum Gasteiger partial charge on any atom is -0.489 e. The Morgan fingerprint density at radius 1 is 1.27 bits per heavy atom. The van der Waals surface area contributed by atoms with E-state index in [4.69, 9.17) is 4.74 Å².